The molecule has 4 aromatic rings. The summed E-state index contributed by atoms with van der Waals surface area (Å²) in [5.41, 5.74) is 2.14. The van der Waals surface area contributed by atoms with Crippen LogP contribution in [0.1, 0.15) is 24.8 Å². The van der Waals surface area contributed by atoms with Gasteiger partial charge in [-0.15, -0.1) is 20.4 Å². The van der Waals surface area contributed by atoms with Crippen LogP contribution in [0.15, 0.2) is 35.6 Å². The standard InChI is InChI=1S/C20H22N6O2S2/c1-2-27-20-25-22-17(30-20)12-29-19-24-23-18(26(19)11-13-6-5-9-28-13)15-10-21-16-8-4-3-7-14(15)16/h3-4,7-8,10,13,21H,2,5-6,9,11-12H2,1H3. The highest BCUT2D eigenvalue weighted by atomic mass is 32.2. The first kappa shape index (κ1) is 19.5. The highest BCUT2D eigenvalue weighted by Gasteiger charge is 2.23. The number of hydrogen-bond acceptors (Lipinski definition) is 8. The number of benzene rings is 1. The Labute approximate surface area is 182 Å². The van der Waals surface area contributed by atoms with Crippen LogP contribution in [0.2, 0.25) is 0 Å². The van der Waals surface area contributed by atoms with E-state index in [1.807, 2.05) is 25.3 Å². The van der Waals surface area contributed by atoms with Crippen LogP contribution in [0.4, 0.5) is 0 Å². The second-order valence-corrected chi connectivity index (χ2v) is 8.95. The molecule has 0 radical (unpaired) electrons. The Morgan fingerprint density at radius 3 is 3.07 bits per heavy atom. The van der Waals surface area contributed by atoms with E-state index in [2.05, 4.69) is 42.1 Å². The van der Waals surface area contributed by atoms with Gasteiger partial charge >= 0.3 is 0 Å². The van der Waals surface area contributed by atoms with Crippen molar-refractivity contribution in [1.82, 2.24) is 29.9 Å². The number of thioether (sulfide) groups is 1. The van der Waals surface area contributed by atoms with E-state index < -0.39 is 0 Å². The molecule has 1 saturated heterocycles. The molecule has 0 aliphatic carbocycles. The Morgan fingerprint density at radius 2 is 2.20 bits per heavy atom. The molecule has 3 aromatic heterocycles. The third-order valence-electron chi connectivity index (χ3n) is 5.00. The van der Waals surface area contributed by atoms with Crippen molar-refractivity contribution in [3.05, 3.63) is 35.5 Å². The normalized spacial score (nSPS) is 16.5. The van der Waals surface area contributed by atoms with Gasteiger partial charge in [-0.2, -0.15) is 0 Å². The van der Waals surface area contributed by atoms with Crippen LogP contribution in [0.25, 0.3) is 22.3 Å². The van der Waals surface area contributed by atoms with Crippen molar-refractivity contribution in [2.24, 2.45) is 0 Å². The first-order valence-corrected chi connectivity index (χ1v) is 11.8. The van der Waals surface area contributed by atoms with Gasteiger partial charge in [0, 0.05) is 29.3 Å². The van der Waals surface area contributed by atoms with Gasteiger partial charge < -0.3 is 14.5 Å². The van der Waals surface area contributed by atoms with E-state index in [4.69, 9.17) is 9.47 Å². The average Bonchev–Trinajstić information content (AvgIpc) is 3.55. The Hall–Kier alpha value is -2.43. The molecule has 5 rings (SSSR count). The third kappa shape index (κ3) is 3.94. The number of rotatable bonds is 8. The number of nitrogens with zero attached hydrogens (tertiary/aromatic N) is 5. The minimum Gasteiger partial charge on any atom is -0.469 e. The Bertz CT molecular complexity index is 1130. The number of fused-ring (bicyclic) bond motifs is 1. The molecule has 10 heteroatoms. The van der Waals surface area contributed by atoms with Crippen molar-refractivity contribution >= 4 is 34.0 Å². The number of H-pyrrole nitrogens is 1. The van der Waals surface area contributed by atoms with Crippen LogP contribution in [0.5, 0.6) is 5.19 Å². The molecule has 0 spiro atoms. The number of nitrogens with one attached hydrogen (secondary N) is 1. The molecule has 1 aromatic carbocycles. The molecule has 1 unspecified atom stereocenters. The topological polar surface area (TPSA) is 90.7 Å². The summed E-state index contributed by atoms with van der Waals surface area (Å²) in [6.45, 7) is 4.09. The fourth-order valence-corrected chi connectivity index (χ4v) is 5.29. The van der Waals surface area contributed by atoms with Crippen molar-refractivity contribution in [2.75, 3.05) is 13.2 Å². The fourth-order valence-electron chi connectivity index (χ4n) is 3.61. The van der Waals surface area contributed by atoms with Gasteiger partial charge in [0.05, 0.1) is 25.0 Å². The summed E-state index contributed by atoms with van der Waals surface area (Å²) in [5.74, 6) is 1.53. The van der Waals surface area contributed by atoms with Gasteiger partial charge in [0.2, 0.25) is 0 Å². The van der Waals surface area contributed by atoms with E-state index in [0.29, 0.717) is 17.6 Å². The van der Waals surface area contributed by atoms with Crippen molar-refractivity contribution in [1.29, 1.82) is 0 Å². The fraction of sp³-hybridized carbons (Fsp3) is 0.400. The van der Waals surface area contributed by atoms with Crippen LogP contribution >= 0.6 is 23.1 Å². The molecule has 30 heavy (non-hydrogen) atoms. The lowest BCUT2D eigenvalue weighted by Gasteiger charge is -2.14. The minimum atomic E-state index is 0.190. The first-order valence-electron chi connectivity index (χ1n) is 10.0. The van der Waals surface area contributed by atoms with Crippen molar-refractivity contribution in [3.63, 3.8) is 0 Å². The maximum atomic E-state index is 5.90. The van der Waals surface area contributed by atoms with Crippen molar-refractivity contribution in [2.45, 2.75) is 43.3 Å². The minimum absolute atomic E-state index is 0.190. The van der Waals surface area contributed by atoms with Gasteiger partial charge in [-0.25, -0.2) is 0 Å². The highest BCUT2D eigenvalue weighted by Crippen LogP contribution is 2.33. The number of aromatic amines is 1. The predicted molar refractivity (Wildman–Crippen MR) is 117 cm³/mol. The van der Waals surface area contributed by atoms with E-state index in [1.54, 1.807) is 11.8 Å². The van der Waals surface area contributed by atoms with Gasteiger partial charge in [-0.1, -0.05) is 41.3 Å². The van der Waals surface area contributed by atoms with E-state index in [0.717, 1.165) is 58.4 Å². The maximum absolute atomic E-state index is 5.90. The molecule has 0 bridgehead atoms. The Kier molecular flexibility index (Phi) is 5.69. The van der Waals surface area contributed by atoms with E-state index >= 15 is 0 Å². The monoisotopic (exact) mass is 442 g/mol. The Balaban J connectivity index is 1.44. The second kappa shape index (κ2) is 8.75. The summed E-state index contributed by atoms with van der Waals surface area (Å²) in [5, 5.41) is 20.9. The van der Waals surface area contributed by atoms with Crippen molar-refractivity contribution in [3.8, 4) is 16.6 Å². The van der Waals surface area contributed by atoms with E-state index in [9.17, 15) is 0 Å². The quantitative estimate of drug-likeness (QED) is 0.410. The summed E-state index contributed by atoms with van der Waals surface area (Å²) in [7, 11) is 0. The predicted octanol–water partition coefficient (Wildman–Crippen LogP) is 4.15. The molecule has 8 nitrogen and oxygen atoms in total. The third-order valence-corrected chi connectivity index (χ3v) is 6.99. The van der Waals surface area contributed by atoms with Crippen LogP contribution < -0.4 is 4.74 Å². The second-order valence-electron chi connectivity index (χ2n) is 6.98. The lowest BCUT2D eigenvalue weighted by molar-refractivity contribution is 0.0953. The molecular weight excluding hydrogens is 420 g/mol. The number of hydrogen-bond donors (Lipinski definition) is 1. The molecule has 1 N–H and O–H groups in total. The van der Waals surface area contributed by atoms with Crippen LogP contribution in [0, 0.1) is 0 Å². The SMILES string of the molecule is CCOc1nnc(CSc2nnc(-c3c[nH]c4ccccc34)n2CC2CCCO2)s1. The zero-order chi connectivity index (χ0) is 20.3. The van der Waals surface area contributed by atoms with Crippen LogP contribution in [-0.4, -0.2) is 49.3 Å². The molecule has 1 atom stereocenters. The van der Waals surface area contributed by atoms with E-state index in [1.165, 1.54) is 11.3 Å². The molecule has 1 aliphatic heterocycles. The van der Waals surface area contributed by atoms with Gasteiger partial charge in [-0.3, -0.25) is 4.57 Å². The average molecular weight is 443 g/mol. The lowest BCUT2D eigenvalue weighted by Crippen LogP contribution is -2.16. The largest absolute Gasteiger partial charge is 0.469 e. The number of aromatic nitrogens is 6. The molecule has 1 aliphatic rings. The smallest absolute Gasteiger partial charge is 0.294 e. The van der Waals surface area contributed by atoms with Gasteiger partial charge in [0.1, 0.15) is 5.01 Å². The van der Waals surface area contributed by atoms with Crippen LogP contribution in [0.3, 0.4) is 0 Å². The first-order chi connectivity index (χ1) is 14.8. The summed E-state index contributed by atoms with van der Waals surface area (Å²) < 4.78 is 13.5. The lowest BCUT2D eigenvalue weighted by atomic mass is 10.1. The van der Waals surface area contributed by atoms with Gasteiger partial charge in [0.25, 0.3) is 5.19 Å². The van der Waals surface area contributed by atoms with Crippen LogP contribution in [-0.2, 0) is 17.0 Å². The zero-order valence-electron chi connectivity index (χ0n) is 16.6. The summed E-state index contributed by atoms with van der Waals surface area (Å²) >= 11 is 3.08. The van der Waals surface area contributed by atoms with Gasteiger partial charge in [0.15, 0.2) is 11.0 Å². The number of para-hydroxylation sites is 1. The summed E-state index contributed by atoms with van der Waals surface area (Å²) in [6.07, 6.45) is 4.36. The zero-order valence-corrected chi connectivity index (χ0v) is 18.2. The molecule has 156 valence electrons. The molecular formula is C20H22N6O2S2. The highest BCUT2D eigenvalue weighted by molar-refractivity contribution is 7.98. The summed E-state index contributed by atoms with van der Waals surface area (Å²) in [6, 6.07) is 8.25. The van der Waals surface area contributed by atoms with Crippen molar-refractivity contribution < 1.29 is 9.47 Å². The van der Waals surface area contributed by atoms with Gasteiger partial charge in [-0.05, 0) is 25.8 Å². The molecule has 4 heterocycles. The maximum Gasteiger partial charge on any atom is 0.294 e. The number of ether oxygens (including phenoxy) is 2. The molecule has 0 saturated carbocycles. The Morgan fingerprint density at radius 1 is 1.27 bits per heavy atom. The van der Waals surface area contributed by atoms with E-state index in [-0.39, 0.29) is 6.10 Å². The molecule has 0 amide bonds. The summed E-state index contributed by atoms with van der Waals surface area (Å²) in [4.78, 5) is 3.34. The molecule has 1 fully saturated rings.